The first kappa shape index (κ1) is 15.1. The molecule has 21 heavy (non-hydrogen) atoms. The van der Waals surface area contributed by atoms with Gasteiger partial charge in [-0.05, 0) is 37.3 Å². The van der Waals surface area contributed by atoms with Gasteiger partial charge in [0, 0.05) is 22.0 Å². The Morgan fingerprint density at radius 2 is 1.76 bits per heavy atom. The van der Waals surface area contributed by atoms with Crippen molar-refractivity contribution in [1.29, 1.82) is 0 Å². The van der Waals surface area contributed by atoms with E-state index in [0.717, 1.165) is 5.69 Å². The zero-order valence-corrected chi connectivity index (χ0v) is 12.3. The molecule has 0 fully saturated rings. The van der Waals surface area contributed by atoms with Crippen molar-refractivity contribution in [2.24, 2.45) is 0 Å². The molecule has 108 valence electrons. The molecular formula is C16H15ClN2O2. The second-order valence-electron chi connectivity index (χ2n) is 4.55. The minimum Gasteiger partial charge on any atom is -0.376 e. The minimum atomic E-state index is -0.189. The zero-order chi connectivity index (χ0) is 15.2. The predicted octanol–water partition coefficient (Wildman–Crippen LogP) is 3.59. The lowest BCUT2D eigenvalue weighted by Gasteiger charge is -2.08. The number of nitrogens with one attached hydrogen (secondary N) is 2. The Morgan fingerprint density at radius 1 is 1.05 bits per heavy atom. The highest BCUT2D eigenvalue weighted by molar-refractivity contribution is 6.30. The number of ketones is 1. The third-order valence-electron chi connectivity index (χ3n) is 2.83. The van der Waals surface area contributed by atoms with Gasteiger partial charge in [-0.1, -0.05) is 29.8 Å². The molecule has 0 radical (unpaired) electrons. The fourth-order valence-corrected chi connectivity index (χ4v) is 1.99. The third kappa shape index (κ3) is 4.61. The number of anilines is 2. The Hall–Kier alpha value is -2.33. The van der Waals surface area contributed by atoms with Gasteiger partial charge >= 0.3 is 0 Å². The van der Waals surface area contributed by atoms with Gasteiger partial charge in [-0.2, -0.15) is 0 Å². The number of rotatable bonds is 5. The van der Waals surface area contributed by atoms with Gasteiger partial charge in [0.25, 0.3) is 0 Å². The molecule has 0 aliphatic carbocycles. The maximum atomic E-state index is 11.8. The van der Waals surface area contributed by atoms with E-state index in [4.69, 9.17) is 11.6 Å². The van der Waals surface area contributed by atoms with E-state index in [-0.39, 0.29) is 18.2 Å². The van der Waals surface area contributed by atoms with Crippen LogP contribution in [0.25, 0.3) is 0 Å². The Morgan fingerprint density at radius 3 is 2.48 bits per heavy atom. The smallest absolute Gasteiger partial charge is 0.243 e. The van der Waals surface area contributed by atoms with E-state index in [1.54, 1.807) is 48.5 Å². The van der Waals surface area contributed by atoms with Crippen molar-refractivity contribution >= 4 is 34.7 Å². The molecule has 4 nitrogen and oxygen atoms in total. The third-order valence-corrected chi connectivity index (χ3v) is 3.07. The van der Waals surface area contributed by atoms with Gasteiger partial charge < -0.3 is 10.6 Å². The highest BCUT2D eigenvalue weighted by Crippen LogP contribution is 2.15. The number of carbonyl (C=O) groups excluding carboxylic acids is 2. The van der Waals surface area contributed by atoms with Gasteiger partial charge in [-0.25, -0.2) is 0 Å². The minimum absolute atomic E-state index is 0.0120. The summed E-state index contributed by atoms with van der Waals surface area (Å²) >= 11 is 5.85. The van der Waals surface area contributed by atoms with Gasteiger partial charge in [0.1, 0.15) is 0 Å². The van der Waals surface area contributed by atoms with Crippen molar-refractivity contribution in [1.82, 2.24) is 0 Å². The molecule has 0 unspecified atom stereocenters. The molecule has 2 rings (SSSR count). The van der Waals surface area contributed by atoms with E-state index in [1.165, 1.54) is 6.92 Å². The van der Waals surface area contributed by atoms with Crippen LogP contribution in [-0.4, -0.2) is 18.2 Å². The molecule has 1 amide bonds. The lowest BCUT2D eigenvalue weighted by Crippen LogP contribution is -2.21. The van der Waals surface area contributed by atoms with Crippen LogP contribution in [-0.2, 0) is 4.79 Å². The summed E-state index contributed by atoms with van der Waals surface area (Å²) in [5, 5.41) is 6.28. The standard InChI is InChI=1S/C16H15ClN2O2/c1-11(20)12-4-2-6-14(8-12)18-10-16(21)19-15-7-3-5-13(17)9-15/h2-9,18H,10H2,1H3,(H,19,21). The molecule has 0 aliphatic rings. The average Bonchev–Trinajstić information content (AvgIpc) is 2.45. The Labute approximate surface area is 128 Å². The van der Waals surface area contributed by atoms with Gasteiger partial charge in [0.15, 0.2) is 5.78 Å². The van der Waals surface area contributed by atoms with E-state index in [2.05, 4.69) is 10.6 Å². The maximum absolute atomic E-state index is 11.8. The van der Waals surface area contributed by atoms with Crippen molar-refractivity contribution in [3.63, 3.8) is 0 Å². The van der Waals surface area contributed by atoms with Crippen LogP contribution < -0.4 is 10.6 Å². The van der Waals surface area contributed by atoms with E-state index in [0.29, 0.717) is 16.3 Å². The van der Waals surface area contributed by atoms with Crippen molar-refractivity contribution in [3.8, 4) is 0 Å². The van der Waals surface area contributed by atoms with Crippen molar-refractivity contribution in [3.05, 3.63) is 59.1 Å². The highest BCUT2D eigenvalue weighted by atomic mass is 35.5. The number of hydrogen-bond donors (Lipinski definition) is 2. The Bertz CT molecular complexity index is 671. The summed E-state index contributed by atoms with van der Waals surface area (Å²) in [6.07, 6.45) is 0. The molecule has 0 heterocycles. The van der Waals surface area contributed by atoms with Crippen LogP contribution in [0.5, 0.6) is 0 Å². The topological polar surface area (TPSA) is 58.2 Å². The molecular weight excluding hydrogens is 288 g/mol. The van der Waals surface area contributed by atoms with Crippen LogP contribution in [0.4, 0.5) is 11.4 Å². The molecule has 0 aliphatic heterocycles. The van der Waals surface area contributed by atoms with Gasteiger partial charge in [0.2, 0.25) is 5.91 Å². The van der Waals surface area contributed by atoms with E-state index < -0.39 is 0 Å². The molecule has 2 aromatic rings. The van der Waals surface area contributed by atoms with Crippen molar-refractivity contribution in [2.45, 2.75) is 6.92 Å². The zero-order valence-electron chi connectivity index (χ0n) is 11.5. The largest absolute Gasteiger partial charge is 0.376 e. The first-order chi connectivity index (χ1) is 10.0. The molecule has 0 bridgehead atoms. The van der Waals surface area contributed by atoms with Gasteiger partial charge in [-0.3, -0.25) is 9.59 Å². The number of benzene rings is 2. The number of amides is 1. The molecule has 5 heteroatoms. The SMILES string of the molecule is CC(=O)c1cccc(NCC(=O)Nc2cccc(Cl)c2)c1. The Balaban J connectivity index is 1.92. The first-order valence-electron chi connectivity index (χ1n) is 6.45. The molecule has 2 aromatic carbocycles. The maximum Gasteiger partial charge on any atom is 0.243 e. The molecule has 2 N–H and O–H groups in total. The van der Waals surface area contributed by atoms with E-state index in [9.17, 15) is 9.59 Å². The van der Waals surface area contributed by atoms with Crippen LogP contribution in [0.2, 0.25) is 5.02 Å². The second kappa shape index (κ2) is 6.90. The Kier molecular flexibility index (Phi) is 4.95. The fraction of sp³-hybridized carbons (Fsp3) is 0.125. The van der Waals surface area contributed by atoms with Crippen LogP contribution in [0.3, 0.4) is 0 Å². The summed E-state index contributed by atoms with van der Waals surface area (Å²) in [5.41, 5.74) is 1.98. The van der Waals surface area contributed by atoms with Crippen molar-refractivity contribution in [2.75, 3.05) is 17.2 Å². The van der Waals surface area contributed by atoms with E-state index >= 15 is 0 Å². The highest BCUT2D eigenvalue weighted by Gasteiger charge is 2.04. The summed E-state index contributed by atoms with van der Waals surface area (Å²) in [6, 6.07) is 14.0. The fourth-order valence-electron chi connectivity index (χ4n) is 1.80. The number of halogens is 1. The van der Waals surface area contributed by atoms with Crippen LogP contribution >= 0.6 is 11.6 Å². The molecule has 0 spiro atoms. The van der Waals surface area contributed by atoms with Crippen LogP contribution in [0.1, 0.15) is 17.3 Å². The normalized spacial score (nSPS) is 10.0. The molecule has 0 aromatic heterocycles. The van der Waals surface area contributed by atoms with Gasteiger partial charge in [-0.15, -0.1) is 0 Å². The average molecular weight is 303 g/mol. The van der Waals surface area contributed by atoms with E-state index in [1.807, 2.05) is 0 Å². The summed E-state index contributed by atoms with van der Waals surface area (Å²) in [4.78, 5) is 23.1. The summed E-state index contributed by atoms with van der Waals surface area (Å²) < 4.78 is 0. The monoisotopic (exact) mass is 302 g/mol. The molecule has 0 saturated carbocycles. The molecule has 0 atom stereocenters. The number of hydrogen-bond acceptors (Lipinski definition) is 3. The lowest BCUT2D eigenvalue weighted by molar-refractivity contribution is -0.114. The van der Waals surface area contributed by atoms with Crippen LogP contribution in [0.15, 0.2) is 48.5 Å². The first-order valence-corrected chi connectivity index (χ1v) is 6.83. The van der Waals surface area contributed by atoms with Gasteiger partial charge in [0.05, 0.1) is 6.54 Å². The summed E-state index contributed by atoms with van der Waals surface area (Å²) in [7, 11) is 0. The van der Waals surface area contributed by atoms with Crippen molar-refractivity contribution < 1.29 is 9.59 Å². The predicted molar refractivity (Wildman–Crippen MR) is 85.0 cm³/mol. The number of carbonyl (C=O) groups is 2. The number of Topliss-reactive ketones (excluding diaryl/α,β-unsaturated/α-hetero) is 1. The quantitative estimate of drug-likeness (QED) is 0.830. The molecule has 0 saturated heterocycles. The van der Waals surface area contributed by atoms with Crippen LogP contribution in [0, 0.1) is 0 Å². The second-order valence-corrected chi connectivity index (χ2v) is 4.99. The lowest BCUT2D eigenvalue weighted by atomic mass is 10.1. The summed E-state index contributed by atoms with van der Waals surface area (Å²) in [6.45, 7) is 1.61. The summed E-state index contributed by atoms with van der Waals surface area (Å²) in [5.74, 6) is -0.201.